The molecule has 29 heavy (non-hydrogen) atoms. The van der Waals surface area contributed by atoms with E-state index in [1.54, 1.807) is 5.70 Å². The van der Waals surface area contributed by atoms with Crippen molar-refractivity contribution in [1.82, 2.24) is 0 Å². The van der Waals surface area contributed by atoms with Crippen LogP contribution in [0.25, 0.3) is 0 Å². The first-order chi connectivity index (χ1) is 13.3. The minimum Gasteiger partial charge on any atom is -0.358 e. The molecule has 0 spiro atoms. The maximum atomic E-state index is 4.14. The molecule has 1 N–H and O–H groups in total. The van der Waals surface area contributed by atoms with Crippen LogP contribution in [0.2, 0.25) is 0 Å². The number of benzene rings is 1. The average molecular weight is 414 g/mol. The number of anilines is 1. The van der Waals surface area contributed by atoms with Gasteiger partial charge in [0, 0.05) is 11.4 Å². The molecule has 3 rings (SSSR count). The number of rotatable bonds is 5. The first-order valence-electron chi connectivity index (χ1n) is 11.8. The van der Waals surface area contributed by atoms with Gasteiger partial charge in [-0.3, -0.25) is 0 Å². The van der Waals surface area contributed by atoms with Gasteiger partial charge < -0.3 is 5.32 Å². The van der Waals surface area contributed by atoms with Crippen LogP contribution in [-0.4, -0.2) is 10.3 Å². The summed E-state index contributed by atoms with van der Waals surface area (Å²) in [5.74, 6) is 2.61. The molecule has 1 nitrogen and oxygen atoms in total. The molecule has 2 aliphatic carbocycles. The zero-order valence-electron chi connectivity index (χ0n) is 20.6. The first-order valence-corrected chi connectivity index (χ1v) is 13.1. The van der Waals surface area contributed by atoms with Gasteiger partial charge in [-0.05, 0) is 69.7 Å². The summed E-state index contributed by atoms with van der Waals surface area (Å²) in [7, 11) is -0.227. The van der Waals surface area contributed by atoms with Crippen LogP contribution in [-0.2, 0) is 0 Å². The van der Waals surface area contributed by atoms with Crippen LogP contribution < -0.4 is 5.32 Å². The van der Waals surface area contributed by atoms with Crippen LogP contribution in [0.4, 0.5) is 5.69 Å². The molecular formula is C27H44NP. The third kappa shape index (κ3) is 4.46. The Labute approximate surface area is 181 Å². The molecule has 0 aromatic heterocycles. The molecule has 2 atom stereocenters. The molecule has 0 amide bonds. The third-order valence-corrected chi connectivity index (χ3v) is 10.5. The summed E-state index contributed by atoms with van der Waals surface area (Å²) in [5.41, 5.74) is 5.98. The highest BCUT2D eigenvalue weighted by Gasteiger charge is 2.48. The van der Waals surface area contributed by atoms with Gasteiger partial charge in [0.25, 0.3) is 0 Å². The molecule has 162 valence electrons. The van der Waals surface area contributed by atoms with Gasteiger partial charge in [0.05, 0.1) is 0 Å². The lowest BCUT2D eigenvalue weighted by Gasteiger charge is -2.45. The zero-order valence-corrected chi connectivity index (χ0v) is 21.5. The Balaban J connectivity index is 2.17. The Bertz CT molecular complexity index is 732. The summed E-state index contributed by atoms with van der Waals surface area (Å²) >= 11 is 0. The summed E-state index contributed by atoms with van der Waals surface area (Å²) in [5, 5.41) is 6.63. The van der Waals surface area contributed by atoms with Crippen molar-refractivity contribution in [3.05, 3.63) is 40.3 Å². The molecule has 1 fully saturated rings. The van der Waals surface area contributed by atoms with E-state index in [4.69, 9.17) is 0 Å². The van der Waals surface area contributed by atoms with E-state index < -0.39 is 0 Å². The maximum absolute atomic E-state index is 4.14. The first kappa shape index (κ1) is 22.9. The summed E-state index contributed by atoms with van der Waals surface area (Å²) in [6.45, 7) is 24.2. The highest BCUT2D eigenvalue weighted by molar-refractivity contribution is 7.65. The molecule has 0 radical (unpaired) electrons. The largest absolute Gasteiger partial charge is 0.358 e. The quantitative estimate of drug-likeness (QED) is 0.475. The van der Waals surface area contributed by atoms with E-state index >= 15 is 0 Å². The SMILES string of the molecule is CC(C)c1cccc(C(C)C)c1NC1=C(P(C(C)(C)C)C(C)(C)C)[C@@H]2CC[C@H]1C2. The number of fused-ring (bicyclic) bond motifs is 2. The van der Waals surface area contributed by atoms with Gasteiger partial charge in [-0.25, -0.2) is 0 Å². The van der Waals surface area contributed by atoms with Crippen LogP contribution in [0.3, 0.4) is 0 Å². The van der Waals surface area contributed by atoms with E-state index in [1.807, 2.05) is 5.31 Å². The van der Waals surface area contributed by atoms with Crippen LogP contribution in [0.5, 0.6) is 0 Å². The van der Waals surface area contributed by atoms with E-state index in [1.165, 1.54) is 36.1 Å². The van der Waals surface area contributed by atoms with Gasteiger partial charge in [-0.1, -0.05) is 95.4 Å². The van der Waals surface area contributed by atoms with E-state index in [9.17, 15) is 0 Å². The van der Waals surface area contributed by atoms with Crippen molar-refractivity contribution in [3.8, 4) is 0 Å². The van der Waals surface area contributed by atoms with Crippen LogP contribution in [0.1, 0.15) is 111 Å². The van der Waals surface area contributed by atoms with Crippen molar-refractivity contribution in [1.29, 1.82) is 0 Å². The summed E-state index contributed by atoms with van der Waals surface area (Å²) in [6, 6.07) is 6.93. The van der Waals surface area contributed by atoms with Gasteiger partial charge >= 0.3 is 0 Å². The number of hydrogen-bond acceptors (Lipinski definition) is 1. The number of hydrogen-bond donors (Lipinski definition) is 1. The average Bonchev–Trinajstić information content (AvgIpc) is 3.15. The van der Waals surface area contributed by atoms with Crippen molar-refractivity contribution >= 4 is 13.6 Å². The fourth-order valence-corrected chi connectivity index (χ4v) is 10.5. The van der Waals surface area contributed by atoms with Gasteiger partial charge in [0.1, 0.15) is 0 Å². The molecule has 0 heterocycles. The maximum Gasteiger partial charge on any atom is 0.0452 e. The molecule has 1 aromatic carbocycles. The topological polar surface area (TPSA) is 12.0 Å². The van der Waals surface area contributed by atoms with Crippen LogP contribution >= 0.6 is 7.92 Å². The van der Waals surface area contributed by atoms with E-state index in [-0.39, 0.29) is 7.92 Å². The monoisotopic (exact) mass is 413 g/mol. The van der Waals surface area contributed by atoms with Gasteiger partial charge in [-0.15, -0.1) is 0 Å². The lowest BCUT2D eigenvalue weighted by molar-refractivity contribution is 0.651. The van der Waals surface area contributed by atoms with Gasteiger partial charge in [0.15, 0.2) is 0 Å². The standard InChI is InChI=1S/C27H44NP/c1-17(2)21-12-11-13-22(18(3)4)24(21)28-23-19-14-15-20(16-19)25(23)29(26(5,6)7)27(8,9)10/h11-13,17-20,28H,14-16H2,1-10H3/t19-,20+/m0/s1. The third-order valence-electron chi connectivity index (χ3n) is 6.72. The zero-order chi connectivity index (χ0) is 21.7. The minimum absolute atomic E-state index is 0.227. The summed E-state index contributed by atoms with van der Waals surface area (Å²) < 4.78 is 0. The molecular weight excluding hydrogens is 369 g/mol. The fourth-order valence-electron chi connectivity index (χ4n) is 5.95. The normalized spacial score (nSPS) is 22.5. The number of para-hydroxylation sites is 1. The molecule has 0 aliphatic heterocycles. The highest BCUT2D eigenvalue weighted by Crippen LogP contribution is 2.72. The predicted molar refractivity (Wildman–Crippen MR) is 133 cm³/mol. The fraction of sp³-hybridized carbons (Fsp3) is 0.704. The van der Waals surface area contributed by atoms with Gasteiger partial charge in [-0.2, -0.15) is 0 Å². The molecule has 1 aromatic rings. The predicted octanol–water partition coefficient (Wildman–Crippen LogP) is 9.07. The molecule has 0 saturated heterocycles. The lowest BCUT2D eigenvalue weighted by atomic mass is 9.92. The second kappa shape index (κ2) is 8.03. The molecule has 1 saturated carbocycles. The second-order valence-electron chi connectivity index (χ2n) is 11.9. The van der Waals surface area contributed by atoms with E-state index in [2.05, 4.69) is 92.8 Å². The van der Waals surface area contributed by atoms with Crippen molar-refractivity contribution in [2.24, 2.45) is 11.8 Å². The van der Waals surface area contributed by atoms with Crippen LogP contribution in [0, 0.1) is 11.8 Å². The van der Waals surface area contributed by atoms with Crippen molar-refractivity contribution in [3.63, 3.8) is 0 Å². The van der Waals surface area contributed by atoms with Crippen molar-refractivity contribution in [2.45, 2.75) is 111 Å². The molecule has 2 aliphatic rings. The van der Waals surface area contributed by atoms with E-state index in [0.717, 1.165) is 11.8 Å². The minimum atomic E-state index is -0.227. The Morgan fingerprint density at radius 3 is 1.76 bits per heavy atom. The van der Waals surface area contributed by atoms with E-state index in [0.29, 0.717) is 22.1 Å². The summed E-state index contributed by atoms with van der Waals surface area (Å²) in [4.78, 5) is 0. The number of allylic oxidation sites excluding steroid dienone is 2. The van der Waals surface area contributed by atoms with Crippen molar-refractivity contribution < 1.29 is 0 Å². The second-order valence-corrected chi connectivity index (χ2v) is 15.8. The van der Waals surface area contributed by atoms with Gasteiger partial charge in [0.2, 0.25) is 0 Å². The Kier molecular flexibility index (Phi) is 6.33. The highest BCUT2D eigenvalue weighted by atomic mass is 31.1. The number of nitrogens with one attached hydrogen (secondary N) is 1. The van der Waals surface area contributed by atoms with Crippen molar-refractivity contribution in [2.75, 3.05) is 5.32 Å². The Morgan fingerprint density at radius 1 is 0.828 bits per heavy atom. The Hall–Kier alpha value is -0.810. The smallest absolute Gasteiger partial charge is 0.0452 e. The van der Waals surface area contributed by atoms with Crippen LogP contribution in [0.15, 0.2) is 29.2 Å². The summed E-state index contributed by atoms with van der Waals surface area (Å²) in [6.07, 6.45) is 4.15. The lowest BCUT2D eigenvalue weighted by Crippen LogP contribution is -2.28. The molecule has 2 heteroatoms. The molecule has 2 bridgehead atoms. The Morgan fingerprint density at radius 2 is 1.31 bits per heavy atom. The molecule has 0 unspecified atom stereocenters.